The molecular weight excluding hydrogens is 445 g/mol. The monoisotopic (exact) mass is 478 g/mol. The van der Waals surface area contributed by atoms with Gasteiger partial charge in [-0.05, 0) is 106 Å². The first kappa shape index (κ1) is 25.2. The molecule has 0 radical (unpaired) electrons. The highest BCUT2D eigenvalue weighted by molar-refractivity contribution is 5.46. The molecule has 4 atom stereocenters. The van der Waals surface area contributed by atoms with Crippen LogP contribution in [0, 0.1) is 47.0 Å². The molecule has 2 aromatic carbocycles. The molecule has 2 fully saturated rings. The first-order valence-electron chi connectivity index (χ1n) is 12.7. The van der Waals surface area contributed by atoms with Crippen LogP contribution in [0.3, 0.4) is 0 Å². The summed E-state index contributed by atoms with van der Waals surface area (Å²) in [6.45, 7) is 3.97. The van der Waals surface area contributed by atoms with E-state index in [1.54, 1.807) is 31.2 Å². The van der Waals surface area contributed by atoms with Crippen molar-refractivity contribution in [1.29, 1.82) is 0 Å². The average molecular weight is 479 g/mol. The molecule has 0 saturated heterocycles. The van der Waals surface area contributed by atoms with E-state index in [1.807, 2.05) is 6.07 Å². The first-order chi connectivity index (χ1) is 17.0. The van der Waals surface area contributed by atoms with Gasteiger partial charge in [-0.1, -0.05) is 42.2 Å². The Hall–Kier alpha value is -2.93. The second kappa shape index (κ2) is 11.7. The molecule has 0 bridgehead atoms. The van der Waals surface area contributed by atoms with Crippen LogP contribution in [0.5, 0.6) is 5.75 Å². The number of fused-ring (bicyclic) bond motifs is 1. The molecule has 2 aliphatic carbocycles. The molecule has 4 heteroatoms. The number of rotatable bonds is 5. The summed E-state index contributed by atoms with van der Waals surface area (Å²) in [5.74, 6) is 5.55. The Bertz CT molecular complexity index is 1130. The normalized spacial score (nSPS) is 24.3. The predicted molar refractivity (Wildman–Crippen MR) is 135 cm³/mol. The maximum Gasteiger partial charge on any atom is 0.191 e. The van der Waals surface area contributed by atoms with E-state index in [2.05, 4.69) is 30.9 Å². The summed E-state index contributed by atoms with van der Waals surface area (Å²) in [6.07, 6.45) is 15.1. The van der Waals surface area contributed by atoms with Crippen molar-refractivity contribution in [1.82, 2.24) is 0 Å². The number of ether oxygens (including phenoxy) is 1. The predicted octanol–water partition coefficient (Wildman–Crippen LogP) is 8.33. The van der Waals surface area contributed by atoms with Gasteiger partial charge >= 0.3 is 0 Å². The van der Waals surface area contributed by atoms with Gasteiger partial charge in [-0.25, -0.2) is 13.2 Å². The van der Waals surface area contributed by atoms with E-state index in [4.69, 9.17) is 4.74 Å². The standard InChI is InChI=1S/C31H33F3O/c1-3-5-15-35-31-29(33)17-22(18-30(31)34)8-9-23-11-12-27(20-28(23)32)26-14-13-24-16-21(6-4-2)7-10-25(24)19-26/h3-6,11-12,17-18,20-21,24-26H,7,10,13-16,19H2,1-2H3/b5-3+,6-4+. The van der Waals surface area contributed by atoms with Crippen molar-refractivity contribution >= 4 is 0 Å². The zero-order valence-electron chi connectivity index (χ0n) is 20.5. The largest absolute Gasteiger partial charge is 0.483 e. The Morgan fingerprint density at radius 1 is 0.857 bits per heavy atom. The van der Waals surface area contributed by atoms with Crippen molar-refractivity contribution in [2.45, 2.75) is 58.3 Å². The van der Waals surface area contributed by atoms with Crippen molar-refractivity contribution in [2.75, 3.05) is 6.61 Å². The molecule has 0 N–H and O–H groups in total. The highest BCUT2D eigenvalue weighted by Gasteiger charge is 2.35. The minimum Gasteiger partial charge on any atom is -0.483 e. The summed E-state index contributed by atoms with van der Waals surface area (Å²) in [6, 6.07) is 7.46. The van der Waals surface area contributed by atoms with E-state index in [1.165, 1.54) is 25.7 Å². The molecule has 0 aliphatic heterocycles. The fourth-order valence-electron chi connectivity index (χ4n) is 5.70. The molecule has 0 heterocycles. The van der Waals surface area contributed by atoms with Crippen LogP contribution in [0.25, 0.3) is 0 Å². The number of hydrogen-bond acceptors (Lipinski definition) is 1. The lowest BCUT2D eigenvalue weighted by atomic mass is 9.64. The fraction of sp³-hybridized carbons (Fsp3) is 0.419. The van der Waals surface area contributed by atoms with Crippen LogP contribution < -0.4 is 4.74 Å². The third kappa shape index (κ3) is 6.20. The van der Waals surface area contributed by atoms with Crippen LogP contribution in [0.15, 0.2) is 54.6 Å². The van der Waals surface area contributed by atoms with Crippen LogP contribution in [-0.4, -0.2) is 6.61 Å². The van der Waals surface area contributed by atoms with Gasteiger partial charge in [0.15, 0.2) is 17.4 Å². The molecule has 4 rings (SSSR count). The molecule has 0 amide bonds. The molecule has 184 valence electrons. The topological polar surface area (TPSA) is 9.23 Å². The Balaban J connectivity index is 1.43. The van der Waals surface area contributed by atoms with Gasteiger partial charge in [0.05, 0.1) is 5.56 Å². The van der Waals surface area contributed by atoms with E-state index in [-0.39, 0.29) is 23.6 Å². The van der Waals surface area contributed by atoms with Gasteiger partial charge in [0.25, 0.3) is 0 Å². The minimum absolute atomic E-state index is 0.0754. The molecule has 0 aromatic heterocycles. The van der Waals surface area contributed by atoms with Gasteiger partial charge in [-0.3, -0.25) is 0 Å². The second-order valence-corrected chi connectivity index (χ2v) is 9.77. The third-order valence-corrected chi connectivity index (χ3v) is 7.48. The summed E-state index contributed by atoms with van der Waals surface area (Å²) in [7, 11) is 0. The molecule has 0 spiro atoms. The minimum atomic E-state index is -0.829. The highest BCUT2D eigenvalue weighted by atomic mass is 19.1. The van der Waals surface area contributed by atoms with E-state index < -0.39 is 17.4 Å². The van der Waals surface area contributed by atoms with Crippen LogP contribution in [0.4, 0.5) is 13.2 Å². The van der Waals surface area contributed by atoms with Gasteiger partial charge in [0.1, 0.15) is 12.4 Å². The lowest BCUT2D eigenvalue weighted by Gasteiger charge is -2.41. The summed E-state index contributed by atoms with van der Waals surface area (Å²) < 4.78 is 48.5. The maximum atomic E-state index is 14.9. The maximum absolute atomic E-state index is 14.9. The SMILES string of the molecule is C/C=C/COc1c(F)cc(C#Cc2ccc(C3CCC4CC(/C=C/C)CCC4C3)cc2F)cc1F. The third-order valence-electron chi connectivity index (χ3n) is 7.48. The summed E-state index contributed by atoms with van der Waals surface area (Å²) >= 11 is 0. The number of halogens is 3. The van der Waals surface area contributed by atoms with Gasteiger partial charge in [0, 0.05) is 5.56 Å². The molecule has 2 aliphatic rings. The van der Waals surface area contributed by atoms with Crippen molar-refractivity contribution in [3.63, 3.8) is 0 Å². The summed E-state index contributed by atoms with van der Waals surface area (Å²) in [4.78, 5) is 0. The van der Waals surface area contributed by atoms with Gasteiger partial charge in [-0.15, -0.1) is 0 Å². The Morgan fingerprint density at radius 2 is 1.60 bits per heavy atom. The van der Waals surface area contributed by atoms with Crippen molar-refractivity contribution < 1.29 is 17.9 Å². The van der Waals surface area contributed by atoms with Crippen LogP contribution in [0.2, 0.25) is 0 Å². The van der Waals surface area contributed by atoms with Crippen molar-refractivity contribution in [2.24, 2.45) is 17.8 Å². The second-order valence-electron chi connectivity index (χ2n) is 9.77. The number of allylic oxidation sites excluding steroid dienone is 3. The van der Waals surface area contributed by atoms with Crippen LogP contribution in [0.1, 0.15) is 75.0 Å². The molecule has 2 aromatic rings. The Labute approximate surface area is 207 Å². The molecule has 2 saturated carbocycles. The van der Waals surface area contributed by atoms with Gasteiger partial charge < -0.3 is 4.74 Å². The highest BCUT2D eigenvalue weighted by Crippen LogP contribution is 2.47. The Morgan fingerprint density at radius 3 is 2.31 bits per heavy atom. The Kier molecular flexibility index (Phi) is 8.39. The average Bonchev–Trinajstić information content (AvgIpc) is 2.85. The smallest absolute Gasteiger partial charge is 0.191 e. The van der Waals surface area contributed by atoms with Crippen molar-refractivity contribution in [3.05, 3.63) is 88.8 Å². The van der Waals surface area contributed by atoms with Crippen LogP contribution >= 0.6 is 0 Å². The van der Waals surface area contributed by atoms with Gasteiger partial charge in [0.2, 0.25) is 0 Å². The van der Waals surface area contributed by atoms with E-state index in [0.29, 0.717) is 5.92 Å². The van der Waals surface area contributed by atoms with Gasteiger partial charge in [-0.2, -0.15) is 0 Å². The zero-order chi connectivity index (χ0) is 24.8. The van der Waals surface area contributed by atoms with Crippen molar-refractivity contribution in [3.8, 4) is 17.6 Å². The molecule has 4 unspecified atom stereocenters. The lowest BCUT2D eigenvalue weighted by Crippen LogP contribution is -2.30. The number of hydrogen-bond donors (Lipinski definition) is 0. The molecule has 35 heavy (non-hydrogen) atoms. The fourth-order valence-corrected chi connectivity index (χ4v) is 5.70. The lowest BCUT2D eigenvalue weighted by molar-refractivity contribution is 0.133. The van der Waals surface area contributed by atoms with E-state index in [9.17, 15) is 13.2 Å². The molecule has 1 nitrogen and oxygen atoms in total. The first-order valence-corrected chi connectivity index (χ1v) is 12.7. The van der Waals surface area contributed by atoms with Crippen LogP contribution in [-0.2, 0) is 0 Å². The summed E-state index contributed by atoms with van der Waals surface area (Å²) in [5, 5.41) is 0. The summed E-state index contributed by atoms with van der Waals surface area (Å²) in [5.41, 5.74) is 1.39. The quantitative estimate of drug-likeness (QED) is 0.310. The number of benzene rings is 2. The van der Waals surface area contributed by atoms with E-state index in [0.717, 1.165) is 48.3 Å². The van der Waals surface area contributed by atoms with E-state index >= 15 is 0 Å². The zero-order valence-corrected chi connectivity index (χ0v) is 20.5. The molecular formula is C31H33F3O.